The molecule has 1 amide bonds. The van der Waals surface area contributed by atoms with E-state index in [-0.39, 0.29) is 5.91 Å². The average molecular weight is 401 g/mol. The second-order valence-corrected chi connectivity index (χ2v) is 7.07. The van der Waals surface area contributed by atoms with Crippen molar-refractivity contribution in [1.82, 2.24) is 14.7 Å². The molecule has 0 saturated carbocycles. The largest absolute Gasteiger partial charge is 0.497 e. The molecule has 0 fully saturated rings. The normalized spacial score (nSPS) is 10.8. The van der Waals surface area contributed by atoms with Crippen molar-refractivity contribution in [1.29, 1.82) is 0 Å². The number of aromatic nitrogens is 2. The molecular weight excluding hydrogens is 378 g/mol. The first kappa shape index (κ1) is 19.5. The highest BCUT2D eigenvalue weighted by atomic mass is 16.5. The Bertz CT molecular complexity index is 1140. The van der Waals surface area contributed by atoms with Gasteiger partial charge in [-0.15, -0.1) is 0 Å². The number of aryl methyl sites for hydroxylation is 1. The van der Waals surface area contributed by atoms with Crippen LogP contribution in [0.15, 0.2) is 77.3 Å². The molecule has 0 saturated heterocycles. The third-order valence-corrected chi connectivity index (χ3v) is 4.86. The van der Waals surface area contributed by atoms with Crippen LogP contribution in [0.1, 0.15) is 21.9 Å². The van der Waals surface area contributed by atoms with E-state index in [1.165, 1.54) is 0 Å². The Morgan fingerprint density at radius 3 is 2.43 bits per heavy atom. The van der Waals surface area contributed by atoms with Crippen LogP contribution >= 0.6 is 0 Å². The molecule has 2 aromatic heterocycles. The van der Waals surface area contributed by atoms with Gasteiger partial charge in [-0.2, -0.15) is 5.10 Å². The number of hydrogen-bond acceptors (Lipinski definition) is 4. The fourth-order valence-electron chi connectivity index (χ4n) is 3.29. The Labute approximate surface area is 175 Å². The predicted octanol–water partition coefficient (Wildman–Crippen LogP) is 4.72. The van der Waals surface area contributed by atoms with Gasteiger partial charge < -0.3 is 14.1 Å². The summed E-state index contributed by atoms with van der Waals surface area (Å²) in [5.74, 6) is 2.18. The van der Waals surface area contributed by atoms with Crippen LogP contribution in [0.25, 0.3) is 16.9 Å². The highest BCUT2D eigenvalue weighted by molar-refractivity contribution is 5.99. The van der Waals surface area contributed by atoms with Crippen molar-refractivity contribution in [2.45, 2.75) is 13.5 Å². The van der Waals surface area contributed by atoms with E-state index < -0.39 is 0 Å². The van der Waals surface area contributed by atoms with Gasteiger partial charge in [0.15, 0.2) is 0 Å². The van der Waals surface area contributed by atoms with Gasteiger partial charge in [0.2, 0.25) is 0 Å². The van der Waals surface area contributed by atoms with Gasteiger partial charge in [-0.1, -0.05) is 18.2 Å². The van der Waals surface area contributed by atoms with E-state index in [0.29, 0.717) is 17.8 Å². The van der Waals surface area contributed by atoms with E-state index in [4.69, 9.17) is 14.3 Å². The van der Waals surface area contributed by atoms with E-state index in [1.54, 1.807) is 29.9 Å². The van der Waals surface area contributed by atoms with E-state index in [0.717, 1.165) is 28.5 Å². The molecule has 0 N–H and O–H groups in total. The number of benzene rings is 2. The maximum atomic E-state index is 13.3. The Morgan fingerprint density at radius 1 is 1.07 bits per heavy atom. The number of methoxy groups -OCH3 is 1. The maximum absolute atomic E-state index is 13.3. The molecule has 0 aliphatic heterocycles. The topological polar surface area (TPSA) is 60.5 Å². The van der Waals surface area contributed by atoms with Crippen LogP contribution in [-0.4, -0.2) is 34.7 Å². The highest BCUT2D eigenvalue weighted by Crippen LogP contribution is 2.27. The van der Waals surface area contributed by atoms with Crippen molar-refractivity contribution in [3.63, 3.8) is 0 Å². The lowest BCUT2D eigenvalue weighted by Gasteiger charge is -2.15. The molecule has 4 aromatic rings. The minimum absolute atomic E-state index is 0.128. The molecule has 0 aliphatic carbocycles. The summed E-state index contributed by atoms with van der Waals surface area (Å²) < 4.78 is 12.6. The second kappa shape index (κ2) is 8.29. The number of amides is 1. The number of carbonyl (C=O) groups is 1. The number of carbonyl (C=O) groups excluding carboxylic acids is 1. The Morgan fingerprint density at radius 2 is 1.80 bits per heavy atom. The molecule has 6 heteroatoms. The van der Waals surface area contributed by atoms with Crippen LogP contribution in [0, 0.1) is 6.92 Å². The van der Waals surface area contributed by atoms with Gasteiger partial charge in [-0.3, -0.25) is 4.79 Å². The SMILES string of the molecule is COc1ccc(-c2nn(-c3ccccc3)cc2C(=O)N(C)Cc2ccc(C)o2)cc1. The lowest BCUT2D eigenvalue weighted by molar-refractivity contribution is 0.0775. The average Bonchev–Trinajstić information content (AvgIpc) is 3.40. The molecule has 0 bridgehead atoms. The molecule has 0 aliphatic rings. The molecule has 4 rings (SSSR count). The zero-order valence-corrected chi connectivity index (χ0v) is 17.2. The summed E-state index contributed by atoms with van der Waals surface area (Å²) in [4.78, 5) is 15.0. The third kappa shape index (κ3) is 3.98. The third-order valence-electron chi connectivity index (χ3n) is 4.86. The van der Waals surface area contributed by atoms with Gasteiger partial charge in [-0.05, 0) is 55.5 Å². The minimum Gasteiger partial charge on any atom is -0.497 e. The Kier molecular flexibility index (Phi) is 5.39. The van der Waals surface area contributed by atoms with Gasteiger partial charge in [0.05, 0.1) is 24.9 Å². The van der Waals surface area contributed by atoms with Gasteiger partial charge in [0, 0.05) is 18.8 Å². The summed E-state index contributed by atoms with van der Waals surface area (Å²) >= 11 is 0. The number of hydrogen-bond donors (Lipinski definition) is 0. The molecule has 2 aromatic carbocycles. The lowest BCUT2D eigenvalue weighted by atomic mass is 10.1. The quantitative estimate of drug-likeness (QED) is 0.469. The van der Waals surface area contributed by atoms with Crippen LogP contribution in [-0.2, 0) is 6.54 Å². The Balaban J connectivity index is 1.72. The van der Waals surface area contributed by atoms with Crippen LogP contribution in [0.2, 0.25) is 0 Å². The minimum atomic E-state index is -0.128. The molecule has 152 valence electrons. The van der Waals surface area contributed by atoms with Crippen molar-refractivity contribution in [2.75, 3.05) is 14.2 Å². The van der Waals surface area contributed by atoms with Gasteiger partial charge in [0.25, 0.3) is 5.91 Å². The molecule has 6 nitrogen and oxygen atoms in total. The molecule has 0 atom stereocenters. The number of para-hydroxylation sites is 1. The molecule has 2 heterocycles. The molecule has 0 unspecified atom stereocenters. The van der Waals surface area contributed by atoms with Gasteiger partial charge in [0.1, 0.15) is 23.0 Å². The lowest BCUT2D eigenvalue weighted by Crippen LogP contribution is -2.26. The van der Waals surface area contributed by atoms with Gasteiger partial charge in [-0.25, -0.2) is 4.68 Å². The van der Waals surface area contributed by atoms with Crippen LogP contribution in [0.5, 0.6) is 5.75 Å². The van der Waals surface area contributed by atoms with E-state index in [2.05, 4.69) is 0 Å². The predicted molar refractivity (Wildman–Crippen MR) is 115 cm³/mol. The van der Waals surface area contributed by atoms with E-state index in [1.807, 2.05) is 73.7 Å². The van der Waals surface area contributed by atoms with Crippen molar-refractivity contribution >= 4 is 5.91 Å². The van der Waals surface area contributed by atoms with E-state index >= 15 is 0 Å². The molecule has 0 spiro atoms. The number of nitrogens with zero attached hydrogens (tertiary/aromatic N) is 3. The van der Waals surface area contributed by atoms with Gasteiger partial charge >= 0.3 is 0 Å². The maximum Gasteiger partial charge on any atom is 0.257 e. The van der Waals surface area contributed by atoms with Crippen molar-refractivity contribution in [3.8, 4) is 22.7 Å². The van der Waals surface area contributed by atoms with E-state index in [9.17, 15) is 4.79 Å². The number of rotatable bonds is 6. The van der Waals surface area contributed by atoms with Crippen molar-refractivity contribution in [3.05, 3.63) is 90.0 Å². The van der Waals surface area contributed by atoms with Crippen molar-refractivity contribution in [2.24, 2.45) is 0 Å². The summed E-state index contributed by atoms with van der Waals surface area (Å²) in [6, 6.07) is 21.0. The summed E-state index contributed by atoms with van der Waals surface area (Å²) in [5, 5.41) is 4.73. The molecular formula is C24H23N3O3. The number of ether oxygens (including phenoxy) is 1. The fraction of sp³-hybridized carbons (Fsp3) is 0.167. The summed E-state index contributed by atoms with van der Waals surface area (Å²) in [5.41, 5.74) is 2.87. The Hall–Kier alpha value is -3.80. The molecule has 30 heavy (non-hydrogen) atoms. The smallest absolute Gasteiger partial charge is 0.257 e. The molecule has 0 radical (unpaired) electrons. The monoisotopic (exact) mass is 401 g/mol. The highest BCUT2D eigenvalue weighted by Gasteiger charge is 2.22. The first-order valence-corrected chi connectivity index (χ1v) is 9.65. The van der Waals surface area contributed by atoms with Crippen molar-refractivity contribution < 1.29 is 13.9 Å². The number of furan rings is 1. The summed E-state index contributed by atoms with van der Waals surface area (Å²) in [6.07, 6.45) is 1.78. The zero-order chi connectivity index (χ0) is 21.1. The standard InChI is InChI=1S/C24H23N3O3/c1-17-9-12-21(30-17)15-26(2)24(28)22-16-27(19-7-5-4-6-8-19)25-23(22)18-10-13-20(29-3)14-11-18/h4-14,16H,15H2,1-3H3. The van der Waals surface area contributed by atoms with Crippen LogP contribution in [0.3, 0.4) is 0 Å². The van der Waals surface area contributed by atoms with Crippen LogP contribution in [0.4, 0.5) is 0 Å². The second-order valence-electron chi connectivity index (χ2n) is 7.07. The first-order chi connectivity index (χ1) is 14.5. The zero-order valence-electron chi connectivity index (χ0n) is 17.2. The summed E-state index contributed by atoms with van der Waals surface area (Å²) in [7, 11) is 3.39. The summed E-state index contributed by atoms with van der Waals surface area (Å²) in [6.45, 7) is 2.27. The van der Waals surface area contributed by atoms with Crippen LogP contribution < -0.4 is 4.74 Å². The fourth-order valence-corrected chi connectivity index (χ4v) is 3.29. The first-order valence-electron chi connectivity index (χ1n) is 9.65.